The van der Waals surface area contributed by atoms with E-state index in [9.17, 15) is 9.90 Å². The molecule has 2 aromatic rings. The fourth-order valence-corrected chi connectivity index (χ4v) is 2.27. The quantitative estimate of drug-likeness (QED) is 0.911. The number of aryl methyl sites for hydroxylation is 1. The molecule has 4 nitrogen and oxygen atoms in total. The van der Waals surface area contributed by atoms with E-state index in [1.54, 1.807) is 18.0 Å². The first-order valence-corrected chi connectivity index (χ1v) is 6.62. The molecule has 1 amide bonds. The average molecular weight is 273 g/mol. The number of hydrogen-bond donors (Lipinski definition) is 1. The standard InChI is InChI=1S/C16H19NO3/c1-12-9-11-20-15(12)16(19)17(2)14(8-10-18)13-6-4-3-5-7-13/h3-7,9,11,14,18H,8,10H2,1-2H3. The summed E-state index contributed by atoms with van der Waals surface area (Å²) in [5.41, 5.74) is 1.82. The molecule has 1 N–H and O–H groups in total. The second-order valence-electron chi connectivity index (χ2n) is 4.79. The van der Waals surface area contributed by atoms with Gasteiger partial charge in [0.05, 0.1) is 12.3 Å². The zero-order valence-electron chi connectivity index (χ0n) is 11.7. The van der Waals surface area contributed by atoms with Crippen molar-refractivity contribution in [2.75, 3.05) is 13.7 Å². The van der Waals surface area contributed by atoms with E-state index in [0.717, 1.165) is 11.1 Å². The van der Waals surface area contributed by atoms with Gasteiger partial charge in [-0.05, 0) is 25.0 Å². The Labute approximate surface area is 118 Å². The Morgan fingerprint density at radius 3 is 2.55 bits per heavy atom. The zero-order valence-corrected chi connectivity index (χ0v) is 11.7. The number of hydrogen-bond acceptors (Lipinski definition) is 3. The summed E-state index contributed by atoms with van der Waals surface area (Å²) in [6.45, 7) is 1.86. The fourth-order valence-electron chi connectivity index (χ4n) is 2.27. The van der Waals surface area contributed by atoms with E-state index >= 15 is 0 Å². The third-order valence-electron chi connectivity index (χ3n) is 3.43. The van der Waals surface area contributed by atoms with Crippen molar-refractivity contribution in [1.29, 1.82) is 0 Å². The Morgan fingerprint density at radius 2 is 2.00 bits per heavy atom. The van der Waals surface area contributed by atoms with Crippen LogP contribution in [0.5, 0.6) is 0 Å². The second kappa shape index (κ2) is 6.39. The van der Waals surface area contributed by atoms with Crippen molar-refractivity contribution in [3.63, 3.8) is 0 Å². The van der Waals surface area contributed by atoms with Gasteiger partial charge in [0.25, 0.3) is 5.91 Å². The molecule has 0 fully saturated rings. The number of furan rings is 1. The summed E-state index contributed by atoms with van der Waals surface area (Å²) in [5.74, 6) is 0.182. The highest BCUT2D eigenvalue weighted by Gasteiger charge is 2.25. The topological polar surface area (TPSA) is 53.7 Å². The molecule has 0 spiro atoms. The van der Waals surface area contributed by atoms with Crippen LogP contribution in [-0.4, -0.2) is 29.6 Å². The summed E-state index contributed by atoms with van der Waals surface area (Å²) in [7, 11) is 1.73. The summed E-state index contributed by atoms with van der Waals surface area (Å²) in [6, 6.07) is 11.3. The number of carbonyl (C=O) groups is 1. The molecule has 0 saturated carbocycles. The normalized spacial score (nSPS) is 12.2. The van der Waals surface area contributed by atoms with Crippen molar-refractivity contribution >= 4 is 5.91 Å². The van der Waals surface area contributed by atoms with E-state index in [4.69, 9.17) is 4.42 Å². The molecular formula is C16H19NO3. The van der Waals surface area contributed by atoms with Gasteiger partial charge in [-0.2, -0.15) is 0 Å². The van der Waals surface area contributed by atoms with Crippen LogP contribution >= 0.6 is 0 Å². The predicted octanol–water partition coefficient (Wildman–Crippen LogP) is 2.78. The molecule has 2 rings (SSSR count). The van der Waals surface area contributed by atoms with E-state index in [0.29, 0.717) is 12.2 Å². The Kier molecular flexibility index (Phi) is 4.58. The van der Waals surface area contributed by atoms with Crippen LogP contribution in [0.2, 0.25) is 0 Å². The SMILES string of the molecule is Cc1ccoc1C(=O)N(C)C(CCO)c1ccccc1. The van der Waals surface area contributed by atoms with Gasteiger partial charge in [-0.3, -0.25) is 4.79 Å². The molecule has 1 unspecified atom stereocenters. The number of amides is 1. The van der Waals surface area contributed by atoms with Crippen LogP contribution in [0.1, 0.15) is 34.1 Å². The molecule has 0 saturated heterocycles. The molecule has 0 aliphatic carbocycles. The molecule has 0 radical (unpaired) electrons. The largest absolute Gasteiger partial charge is 0.459 e. The maximum atomic E-state index is 12.5. The zero-order chi connectivity index (χ0) is 14.5. The first kappa shape index (κ1) is 14.3. The van der Waals surface area contributed by atoms with Crippen molar-refractivity contribution < 1.29 is 14.3 Å². The molecule has 1 atom stereocenters. The van der Waals surface area contributed by atoms with Crippen LogP contribution in [0.25, 0.3) is 0 Å². The van der Waals surface area contributed by atoms with Crippen LogP contribution in [0.3, 0.4) is 0 Å². The summed E-state index contributed by atoms with van der Waals surface area (Å²) < 4.78 is 5.26. The van der Waals surface area contributed by atoms with E-state index in [2.05, 4.69) is 0 Å². The highest BCUT2D eigenvalue weighted by molar-refractivity contribution is 5.92. The van der Waals surface area contributed by atoms with Crippen molar-refractivity contribution in [2.24, 2.45) is 0 Å². The molecule has 0 aliphatic heterocycles. The number of nitrogens with zero attached hydrogens (tertiary/aromatic N) is 1. The lowest BCUT2D eigenvalue weighted by Crippen LogP contribution is -2.32. The third kappa shape index (κ3) is 2.91. The van der Waals surface area contributed by atoms with Gasteiger partial charge in [-0.1, -0.05) is 30.3 Å². The Morgan fingerprint density at radius 1 is 1.30 bits per heavy atom. The van der Waals surface area contributed by atoms with Crippen molar-refractivity contribution in [2.45, 2.75) is 19.4 Å². The van der Waals surface area contributed by atoms with Gasteiger partial charge in [0.1, 0.15) is 0 Å². The van der Waals surface area contributed by atoms with E-state index in [1.165, 1.54) is 6.26 Å². The first-order chi connectivity index (χ1) is 9.65. The highest BCUT2D eigenvalue weighted by atomic mass is 16.3. The molecule has 1 heterocycles. The molecule has 1 aromatic carbocycles. The van der Waals surface area contributed by atoms with Gasteiger partial charge < -0.3 is 14.4 Å². The molecule has 1 aromatic heterocycles. The van der Waals surface area contributed by atoms with E-state index in [1.807, 2.05) is 37.3 Å². The second-order valence-corrected chi connectivity index (χ2v) is 4.79. The van der Waals surface area contributed by atoms with E-state index < -0.39 is 0 Å². The molecule has 4 heteroatoms. The predicted molar refractivity (Wildman–Crippen MR) is 76.4 cm³/mol. The van der Waals surface area contributed by atoms with Crippen LogP contribution < -0.4 is 0 Å². The van der Waals surface area contributed by atoms with Gasteiger partial charge in [-0.25, -0.2) is 0 Å². The van der Waals surface area contributed by atoms with Crippen LogP contribution in [0, 0.1) is 6.92 Å². The summed E-state index contributed by atoms with van der Waals surface area (Å²) in [4.78, 5) is 14.1. The number of carbonyl (C=O) groups excluding carboxylic acids is 1. The lowest BCUT2D eigenvalue weighted by atomic mass is 10.0. The number of benzene rings is 1. The van der Waals surface area contributed by atoms with Crippen molar-refractivity contribution in [3.05, 3.63) is 59.5 Å². The Balaban J connectivity index is 2.26. The van der Waals surface area contributed by atoms with Gasteiger partial charge in [0, 0.05) is 19.2 Å². The van der Waals surface area contributed by atoms with Gasteiger partial charge in [-0.15, -0.1) is 0 Å². The minimum atomic E-state index is -0.171. The molecule has 0 aliphatic rings. The van der Waals surface area contributed by atoms with Gasteiger partial charge >= 0.3 is 0 Å². The summed E-state index contributed by atoms with van der Waals surface area (Å²) in [6.07, 6.45) is 2.01. The van der Waals surface area contributed by atoms with Crippen LogP contribution in [-0.2, 0) is 0 Å². The van der Waals surface area contributed by atoms with Gasteiger partial charge in [0.2, 0.25) is 0 Å². The lowest BCUT2D eigenvalue weighted by molar-refractivity contribution is 0.0672. The maximum Gasteiger partial charge on any atom is 0.290 e. The monoisotopic (exact) mass is 273 g/mol. The fraction of sp³-hybridized carbons (Fsp3) is 0.312. The number of rotatable bonds is 5. The highest BCUT2D eigenvalue weighted by Crippen LogP contribution is 2.25. The minimum Gasteiger partial charge on any atom is -0.459 e. The summed E-state index contributed by atoms with van der Waals surface area (Å²) >= 11 is 0. The van der Waals surface area contributed by atoms with E-state index in [-0.39, 0.29) is 18.6 Å². The molecule has 20 heavy (non-hydrogen) atoms. The number of aliphatic hydroxyl groups is 1. The molecule has 106 valence electrons. The smallest absolute Gasteiger partial charge is 0.290 e. The van der Waals surface area contributed by atoms with Gasteiger partial charge in [0.15, 0.2) is 5.76 Å². The lowest BCUT2D eigenvalue weighted by Gasteiger charge is -2.27. The minimum absolute atomic E-state index is 0.0221. The van der Waals surface area contributed by atoms with Crippen LogP contribution in [0.15, 0.2) is 47.1 Å². The van der Waals surface area contributed by atoms with Crippen molar-refractivity contribution in [1.82, 2.24) is 4.90 Å². The third-order valence-corrected chi connectivity index (χ3v) is 3.43. The summed E-state index contributed by atoms with van der Waals surface area (Å²) in [5, 5.41) is 9.25. The van der Waals surface area contributed by atoms with Crippen LogP contribution in [0.4, 0.5) is 0 Å². The van der Waals surface area contributed by atoms with Crippen molar-refractivity contribution in [3.8, 4) is 0 Å². The maximum absolute atomic E-state index is 12.5. The Bertz CT molecular complexity index is 562. The first-order valence-electron chi connectivity index (χ1n) is 6.62. The Hall–Kier alpha value is -2.07. The molecular weight excluding hydrogens is 254 g/mol. The average Bonchev–Trinajstić information content (AvgIpc) is 2.90. The number of aliphatic hydroxyl groups excluding tert-OH is 1. The molecule has 0 bridgehead atoms.